The molecule has 0 radical (unpaired) electrons. The highest BCUT2D eigenvalue weighted by atomic mass is 35.5. The van der Waals surface area contributed by atoms with Gasteiger partial charge in [-0.25, -0.2) is 0 Å². The lowest BCUT2D eigenvalue weighted by Crippen LogP contribution is -2.52. The molecule has 0 amide bonds. The largest absolute Gasteiger partial charge is 0.385 e. The molecule has 0 bridgehead atoms. The Balaban J connectivity index is 1.35. The van der Waals surface area contributed by atoms with Crippen LogP contribution in [-0.4, -0.2) is 53.2 Å². The third-order valence-corrected chi connectivity index (χ3v) is 6.24. The van der Waals surface area contributed by atoms with Gasteiger partial charge in [-0.3, -0.25) is 4.90 Å². The third-order valence-electron chi connectivity index (χ3n) is 5.99. The van der Waals surface area contributed by atoms with Crippen molar-refractivity contribution in [2.75, 3.05) is 19.6 Å². The van der Waals surface area contributed by atoms with Crippen molar-refractivity contribution in [3.8, 4) is 0 Å². The van der Waals surface area contributed by atoms with E-state index in [1.165, 1.54) is 44.2 Å². The molecule has 0 saturated carbocycles. The number of nitrogens with zero attached hydrogens (tertiary/aromatic N) is 4. The summed E-state index contributed by atoms with van der Waals surface area (Å²) in [6.07, 6.45) is 8.24. The van der Waals surface area contributed by atoms with E-state index in [1.807, 2.05) is 12.1 Å². The van der Waals surface area contributed by atoms with Gasteiger partial charge >= 0.3 is 0 Å². The maximum Gasteiger partial charge on any atom is 0.135 e. The third kappa shape index (κ3) is 4.04. The minimum absolute atomic E-state index is 0.640. The molecule has 6 heteroatoms. The first kappa shape index (κ1) is 17.8. The number of nitrogens with two attached hydrogens (primary N) is 1. The zero-order valence-corrected chi connectivity index (χ0v) is 16.0. The first-order valence-electron chi connectivity index (χ1n) is 9.83. The number of hydrogen-bond acceptors (Lipinski definition) is 5. The molecule has 2 saturated heterocycles. The molecular formula is C20H28ClN5. The van der Waals surface area contributed by atoms with Gasteiger partial charge in [0.15, 0.2) is 0 Å². The first-order valence-corrected chi connectivity index (χ1v) is 10.2. The second-order valence-electron chi connectivity index (χ2n) is 7.72. The summed E-state index contributed by atoms with van der Waals surface area (Å²) in [6.45, 7) is 3.37. The Labute approximate surface area is 160 Å². The zero-order chi connectivity index (χ0) is 17.9. The van der Waals surface area contributed by atoms with Gasteiger partial charge in [0, 0.05) is 30.2 Å². The predicted octanol–water partition coefficient (Wildman–Crippen LogP) is 3.28. The maximum absolute atomic E-state index is 6.04. The van der Waals surface area contributed by atoms with Crippen LogP contribution in [0.25, 0.3) is 0 Å². The second kappa shape index (κ2) is 7.97. The molecular weight excluding hydrogens is 346 g/mol. The van der Waals surface area contributed by atoms with E-state index in [1.54, 1.807) is 0 Å². The van der Waals surface area contributed by atoms with Crippen molar-refractivity contribution in [2.45, 2.75) is 57.0 Å². The van der Waals surface area contributed by atoms with Gasteiger partial charge < -0.3 is 10.6 Å². The monoisotopic (exact) mass is 373 g/mol. The molecule has 2 fully saturated rings. The Morgan fingerprint density at radius 3 is 2.46 bits per heavy atom. The lowest BCUT2D eigenvalue weighted by Gasteiger charge is -2.45. The summed E-state index contributed by atoms with van der Waals surface area (Å²) in [5, 5.41) is 9.05. The van der Waals surface area contributed by atoms with Crippen LogP contribution in [0.2, 0.25) is 5.02 Å². The van der Waals surface area contributed by atoms with E-state index < -0.39 is 0 Å². The van der Waals surface area contributed by atoms with Crippen LogP contribution in [0.3, 0.4) is 0 Å². The Morgan fingerprint density at radius 1 is 1.00 bits per heavy atom. The van der Waals surface area contributed by atoms with Crippen LogP contribution < -0.4 is 5.73 Å². The van der Waals surface area contributed by atoms with Gasteiger partial charge in [-0.15, -0.1) is 10.2 Å². The van der Waals surface area contributed by atoms with Crippen LogP contribution in [0.15, 0.2) is 34.5 Å². The van der Waals surface area contributed by atoms with E-state index >= 15 is 0 Å². The fourth-order valence-electron chi connectivity index (χ4n) is 4.60. The summed E-state index contributed by atoms with van der Waals surface area (Å²) in [6, 6.07) is 9.73. The zero-order valence-electron chi connectivity index (χ0n) is 15.3. The average molecular weight is 374 g/mol. The van der Waals surface area contributed by atoms with Gasteiger partial charge in [-0.1, -0.05) is 30.2 Å². The van der Waals surface area contributed by atoms with Crippen molar-refractivity contribution < 1.29 is 0 Å². The van der Waals surface area contributed by atoms with Crippen LogP contribution in [0.5, 0.6) is 0 Å². The van der Waals surface area contributed by atoms with Crippen molar-refractivity contribution in [2.24, 2.45) is 15.9 Å². The lowest BCUT2D eigenvalue weighted by atomic mass is 9.91. The summed E-state index contributed by atoms with van der Waals surface area (Å²) < 4.78 is 0. The topological polar surface area (TPSA) is 57.2 Å². The van der Waals surface area contributed by atoms with Gasteiger partial charge in [0.25, 0.3) is 0 Å². The number of piperidine rings is 2. The molecule has 140 valence electrons. The normalized spacial score (nSPS) is 25.3. The molecule has 0 spiro atoms. The van der Waals surface area contributed by atoms with E-state index in [4.69, 9.17) is 17.3 Å². The van der Waals surface area contributed by atoms with Crippen molar-refractivity contribution in [3.05, 3.63) is 34.9 Å². The number of amidine groups is 2. The predicted molar refractivity (Wildman–Crippen MR) is 108 cm³/mol. The molecule has 3 aliphatic heterocycles. The summed E-state index contributed by atoms with van der Waals surface area (Å²) in [7, 11) is 0. The molecule has 4 rings (SSSR count). The number of hydrogen-bond donors (Lipinski definition) is 1. The maximum atomic E-state index is 6.04. The molecule has 1 atom stereocenters. The Kier molecular flexibility index (Phi) is 5.46. The van der Waals surface area contributed by atoms with E-state index in [2.05, 4.69) is 32.1 Å². The van der Waals surface area contributed by atoms with E-state index in [9.17, 15) is 0 Å². The van der Waals surface area contributed by atoms with E-state index in [0.29, 0.717) is 24.3 Å². The van der Waals surface area contributed by atoms with Gasteiger partial charge in [-0.05, 0) is 56.3 Å². The van der Waals surface area contributed by atoms with Crippen molar-refractivity contribution in [1.82, 2.24) is 9.80 Å². The minimum Gasteiger partial charge on any atom is -0.385 e. The molecule has 3 aliphatic rings. The molecule has 1 aromatic carbocycles. The molecule has 26 heavy (non-hydrogen) atoms. The second-order valence-corrected chi connectivity index (χ2v) is 8.16. The SMILES string of the molecule is NC1=NN=C(N2CCC(N3CCCC[C@@H]3Cc3ccc(Cl)cc3)CC2)C1. The molecule has 5 nitrogen and oxygen atoms in total. The molecule has 3 heterocycles. The lowest BCUT2D eigenvalue weighted by molar-refractivity contribution is 0.0631. The van der Waals surface area contributed by atoms with Gasteiger partial charge in [-0.2, -0.15) is 0 Å². The first-order chi connectivity index (χ1) is 12.7. The summed E-state index contributed by atoms with van der Waals surface area (Å²) >= 11 is 6.04. The molecule has 0 unspecified atom stereocenters. The number of halogens is 1. The smallest absolute Gasteiger partial charge is 0.135 e. The fourth-order valence-corrected chi connectivity index (χ4v) is 4.73. The minimum atomic E-state index is 0.640. The molecule has 0 aromatic heterocycles. The van der Waals surface area contributed by atoms with Crippen LogP contribution >= 0.6 is 11.6 Å². The van der Waals surface area contributed by atoms with Crippen LogP contribution in [0, 0.1) is 0 Å². The van der Waals surface area contributed by atoms with Crippen LogP contribution in [0.4, 0.5) is 0 Å². The summed E-state index contributed by atoms with van der Waals surface area (Å²) in [5.41, 5.74) is 7.17. The van der Waals surface area contributed by atoms with E-state index in [-0.39, 0.29) is 0 Å². The summed E-state index contributed by atoms with van der Waals surface area (Å²) in [5.74, 6) is 1.69. The van der Waals surface area contributed by atoms with Gasteiger partial charge in [0.1, 0.15) is 11.7 Å². The standard InChI is InChI=1S/C20H28ClN5/c21-16-6-4-15(5-7-16)13-18-3-1-2-10-26(18)17-8-11-25(12-9-17)20-14-19(22)23-24-20/h4-7,17-18H,1-3,8-14H2,(H2,22,23)/t18-/m1/s1. The Hall–Kier alpha value is -1.59. The number of likely N-dealkylation sites (tertiary alicyclic amines) is 2. The van der Waals surface area contributed by atoms with Gasteiger partial charge in [0.05, 0.1) is 6.42 Å². The van der Waals surface area contributed by atoms with Crippen LogP contribution in [-0.2, 0) is 6.42 Å². The molecule has 1 aromatic rings. The van der Waals surface area contributed by atoms with Crippen molar-refractivity contribution in [1.29, 1.82) is 0 Å². The number of benzene rings is 1. The fraction of sp³-hybridized carbons (Fsp3) is 0.600. The molecule has 0 aliphatic carbocycles. The highest BCUT2D eigenvalue weighted by Gasteiger charge is 2.32. The Morgan fingerprint density at radius 2 is 1.77 bits per heavy atom. The highest BCUT2D eigenvalue weighted by Crippen LogP contribution is 2.28. The summed E-state index contributed by atoms with van der Waals surface area (Å²) in [4.78, 5) is 5.16. The Bertz CT molecular complexity index is 676. The van der Waals surface area contributed by atoms with Crippen LogP contribution in [0.1, 0.15) is 44.1 Å². The van der Waals surface area contributed by atoms with E-state index in [0.717, 1.165) is 30.4 Å². The van der Waals surface area contributed by atoms with Crippen molar-refractivity contribution in [3.63, 3.8) is 0 Å². The highest BCUT2D eigenvalue weighted by molar-refractivity contribution is 6.30. The molecule has 2 N–H and O–H groups in total. The number of rotatable bonds is 3. The van der Waals surface area contributed by atoms with Gasteiger partial charge in [0.2, 0.25) is 0 Å². The van der Waals surface area contributed by atoms with Crippen molar-refractivity contribution >= 4 is 23.3 Å². The quantitative estimate of drug-likeness (QED) is 0.884. The average Bonchev–Trinajstić information content (AvgIpc) is 3.11.